The number of anilines is 1. The average molecular weight is 340 g/mol. The Morgan fingerprint density at radius 3 is 2.52 bits per heavy atom. The number of nitrogens with two attached hydrogens (primary N) is 1. The molecule has 3 heteroatoms. The summed E-state index contributed by atoms with van der Waals surface area (Å²) in [6.45, 7) is 0. The van der Waals surface area contributed by atoms with E-state index < -0.39 is 0 Å². The van der Waals surface area contributed by atoms with E-state index in [9.17, 15) is 4.79 Å². The molecule has 0 unspecified atom stereocenters. The molecule has 0 radical (unpaired) electrons. The van der Waals surface area contributed by atoms with Crippen LogP contribution in [0.5, 0.6) is 0 Å². The zero-order valence-corrected chi connectivity index (χ0v) is 12.9. The number of nitrogen functional groups attached to an aromatic ring is 1. The maximum atomic E-state index is 12.5. The van der Waals surface area contributed by atoms with E-state index in [2.05, 4.69) is 28.1 Å². The van der Waals surface area contributed by atoms with Crippen LogP contribution in [-0.2, 0) is 6.42 Å². The van der Waals surface area contributed by atoms with Gasteiger partial charge in [0.2, 0.25) is 0 Å². The molecule has 0 aliphatic rings. The predicted molar refractivity (Wildman–Crippen MR) is 90.5 cm³/mol. The highest BCUT2D eigenvalue weighted by atomic mass is 79.9. The molecule has 0 spiro atoms. The summed E-state index contributed by atoms with van der Waals surface area (Å²) >= 11 is 3.36. The maximum absolute atomic E-state index is 12.5. The smallest absolute Gasteiger partial charge is 0.169 e. The lowest BCUT2D eigenvalue weighted by Gasteiger charge is -2.08. The molecule has 0 fully saturated rings. The number of Topliss-reactive ketones (excluding diaryl/α,β-unsaturated/α-hetero) is 1. The van der Waals surface area contributed by atoms with E-state index in [0.29, 0.717) is 17.7 Å². The molecule has 3 aromatic carbocycles. The Morgan fingerprint density at radius 2 is 1.67 bits per heavy atom. The first-order chi connectivity index (χ1) is 10.2. The molecule has 3 rings (SSSR count). The molecule has 0 heterocycles. The molecule has 0 aliphatic carbocycles. The fourth-order valence-corrected chi connectivity index (χ4v) is 2.86. The molecule has 0 aliphatic heterocycles. The van der Waals surface area contributed by atoms with Gasteiger partial charge in [-0.2, -0.15) is 0 Å². The van der Waals surface area contributed by atoms with Crippen LogP contribution in [0.25, 0.3) is 10.8 Å². The highest BCUT2D eigenvalue weighted by Crippen LogP contribution is 2.25. The molecule has 21 heavy (non-hydrogen) atoms. The molecule has 0 aromatic heterocycles. The molecule has 104 valence electrons. The van der Waals surface area contributed by atoms with Gasteiger partial charge in [0.1, 0.15) is 0 Å². The van der Waals surface area contributed by atoms with Gasteiger partial charge in [-0.1, -0.05) is 48.5 Å². The molecule has 2 nitrogen and oxygen atoms in total. The van der Waals surface area contributed by atoms with Crippen LogP contribution in [0.3, 0.4) is 0 Å². The summed E-state index contributed by atoms with van der Waals surface area (Å²) < 4.78 is 0.756. The lowest BCUT2D eigenvalue weighted by atomic mass is 9.97. The number of hydrogen-bond donors (Lipinski definition) is 1. The quantitative estimate of drug-likeness (QED) is 0.559. The van der Waals surface area contributed by atoms with E-state index in [1.165, 1.54) is 0 Å². The minimum atomic E-state index is 0.0325. The molecule has 0 saturated heterocycles. The lowest BCUT2D eigenvalue weighted by molar-refractivity contribution is 0.0994. The minimum Gasteiger partial charge on any atom is -0.397 e. The summed E-state index contributed by atoms with van der Waals surface area (Å²) in [6, 6.07) is 19.6. The summed E-state index contributed by atoms with van der Waals surface area (Å²) in [6.07, 6.45) is 0.349. The summed E-state index contributed by atoms with van der Waals surface area (Å²) in [5.41, 5.74) is 8.08. The van der Waals surface area contributed by atoms with Crippen molar-refractivity contribution in [3.63, 3.8) is 0 Å². The first-order valence-electron chi connectivity index (χ1n) is 6.70. The van der Waals surface area contributed by atoms with Gasteiger partial charge >= 0.3 is 0 Å². The molecule has 0 bridgehead atoms. The van der Waals surface area contributed by atoms with E-state index in [0.717, 1.165) is 20.8 Å². The Balaban J connectivity index is 1.99. The van der Waals surface area contributed by atoms with Crippen molar-refractivity contribution in [1.82, 2.24) is 0 Å². The van der Waals surface area contributed by atoms with Crippen LogP contribution in [-0.4, -0.2) is 5.78 Å². The summed E-state index contributed by atoms with van der Waals surface area (Å²) in [5, 5.41) is 2.26. The van der Waals surface area contributed by atoms with Gasteiger partial charge in [-0.25, -0.2) is 0 Å². The molecule has 0 atom stereocenters. The average Bonchev–Trinajstić information content (AvgIpc) is 2.50. The SMILES string of the molecule is Nc1c(Br)cccc1C(=O)Cc1cccc2ccccc12. The zero-order chi connectivity index (χ0) is 14.8. The van der Waals surface area contributed by atoms with Gasteiger partial charge in [-0.05, 0) is 44.4 Å². The van der Waals surface area contributed by atoms with Crippen LogP contribution >= 0.6 is 15.9 Å². The van der Waals surface area contributed by atoms with Crippen molar-refractivity contribution in [1.29, 1.82) is 0 Å². The van der Waals surface area contributed by atoms with Crippen molar-refractivity contribution < 1.29 is 4.79 Å². The predicted octanol–water partition coefficient (Wildman–Crippen LogP) is 4.61. The second-order valence-electron chi connectivity index (χ2n) is 4.94. The standard InChI is InChI=1S/C18H14BrNO/c19-16-10-4-9-15(18(16)20)17(21)11-13-7-3-6-12-5-1-2-8-14(12)13/h1-10H,11,20H2. The number of rotatable bonds is 3. The number of fused-ring (bicyclic) bond motifs is 1. The summed E-state index contributed by atoms with van der Waals surface area (Å²) in [7, 11) is 0. The number of halogens is 1. The monoisotopic (exact) mass is 339 g/mol. The molecule has 0 amide bonds. The van der Waals surface area contributed by atoms with Gasteiger partial charge in [0.25, 0.3) is 0 Å². The van der Waals surface area contributed by atoms with Crippen LogP contribution in [0.2, 0.25) is 0 Å². The number of ketones is 1. The second-order valence-corrected chi connectivity index (χ2v) is 5.79. The first kappa shape index (κ1) is 13.8. The van der Waals surface area contributed by atoms with E-state index in [1.807, 2.05) is 42.5 Å². The normalized spacial score (nSPS) is 10.7. The van der Waals surface area contributed by atoms with E-state index in [-0.39, 0.29) is 5.78 Å². The van der Waals surface area contributed by atoms with Gasteiger partial charge < -0.3 is 5.73 Å². The van der Waals surface area contributed by atoms with Gasteiger partial charge in [0.15, 0.2) is 5.78 Å². The van der Waals surface area contributed by atoms with Crippen LogP contribution in [0.1, 0.15) is 15.9 Å². The summed E-state index contributed by atoms with van der Waals surface area (Å²) in [5.74, 6) is 0.0325. The van der Waals surface area contributed by atoms with Crippen LogP contribution < -0.4 is 5.73 Å². The van der Waals surface area contributed by atoms with Crippen molar-refractivity contribution >= 4 is 38.2 Å². The molecular formula is C18H14BrNO. The third kappa shape index (κ3) is 2.69. The first-order valence-corrected chi connectivity index (χ1v) is 7.50. The zero-order valence-electron chi connectivity index (χ0n) is 11.3. The lowest BCUT2D eigenvalue weighted by Crippen LogP contribution is -2.07. The van der Waals surface area contributed by atoms with E-state index in [4.69, 9.17) is 5.73 Å². The fraction of sp³-hybridized carbons (Fsp3) is 0.0556. The Bertz CT molecular complexity index is 821. The number of para-hydroxylation sites is 1. The summed E-state index contributed by atoms with van der Waals surface area (Å²) in [4.78, 5) is 12.5. The van der Waals surface area contributed by atoms with Crippen molar-refractivity contribution in [2.24, 2.45) is 0 Å². The van der Waals surface area contributed by atoms with Crippen molar-refractivity contribution in [2.75, 3.05) is 5.73 Å². The number of carbonyl (C=O) groups excluding carboxylic acids is 1. The second kappa shape index (κ2) is 5.70. The van der Waals surface area contributed by atoms with Crippen molar-refractivity contribution in [3.05, 3.63) is 76.3 Å². The Hall–Kier alpha value is -2.13. The molecule has 3 aromatic rings. The minimum absolute atomic E-state index is 0.0325. The Kier molecular flexibility index (Phi) is 3.76. The third-order valence-corrected chi connectivity index (χ3v) is 4.28. The number of hydrogen-bond acceptors (Lipinski definition) is 2. The fourth-order valence-electron chi connectivity index (χ4n) is 2.50. The van der Waals surface area contributed by atoms with Gasteiger partial charge in [-0.15, -0.1) is 0 Å². The highest BCUT2D eigenvalue weighted by molar-refractivity contribution is 9.10. The van der Waals surface area contributed by atoms with Gasteiger partial charge in [0, 0.05) is 16.5 Å². The maximum Gasteiger partial charge on any atom is 0.169 e. The van der Waals surface area contributed by atoms with Crippen molar-refractivity contribution in [3.8, 4) is 0 Å². The molecule has 2 N–H and O–H groups in total. The Labute approximate surface area is 131 Å². The molecular weight excluding hydrogens is 326 g/mol. The van der Waals surface area contributed by atoms with Gasteiger partial charge in [-0.3, -0.25) is 4.79 Å². The van der Waals surface area contributed by atoms with E-state index >= 15 is 0 Å². The van der Waals surface area contributed by atoms with Crippen LogP contribution in [0, 0.1) is 0 Å². The largest absolute Gasteiger partial charge is 0.397 e. The van der Waals surface area contributed by atoms with E-state index in [1.54, 1.807) is 6.07 Å². The topological polar surface area (TPSA) is 43.1 Å². The van der Waals surface area contributed by atoms with Gasteiger partial charge in [0.05, 0.1) is 5.69 Å². The Morgan fingerprint density at radius 1 is 0.952 bits per heavy atom. The third-order valence-electron chi connectivity index (χ3n) is 3.58. The number of carbonyl (C=O) groups is 1. The van der Waals surface area contributed by atoms with Crippen LogP contribution in [0.4, 0.5) is 5.69 Å². The highest BCUT2D eigenvalue weighted by Gasteiger charge is 2.13. The molecule has 0 saturated carbocycles. The van der Waals surface area contributed by atoms with Crippen molar-refractivity contribution in [2.45, 2.75) is 6.42 Å². The van der Waals surface area contributed by atoms with Crippen LogP contribution in [0.15, 0.2) is 65.1 Å². The number of benzene rings is 3.